The summed E-state index contributed by atoms with van der Waals surface area (Å²) >= 11 is 0. The van der Waals surface area contributed by atoms with E-state index in [2.05, 4.69) is 24.1 Å². The topological polar surface area (TPSA) is 15.3 Å². The molecule has 0 radical (unpaired) electrons. The van der Waals surface area contributed by atoms with E-state index in [9.17, 15) is 0 Å². The smallest absolute Gasteiger partial charge is 0.0107 e. The van der Waals surface area contributed by atoms with E-state index < -0.39 is 0 Å². The molecule has 0 bridgehead atoms. The molecule has 0 amide bonds. The molecule has 1 N–H and O–H groups in total. The van der Waals surface area contributed by atoms with Crippen molar-refractivity contribution >= 4 is 24.8 Å². The van der Waals surface area contributed by atoms with Crippen LogP contribution in [0.1, 0.15) is 20.3 Å². The second-order valence-electron chi connectivity index (χ2n) is 3.77. The summed E-state index contributed by atoms with van der Waals surface area (Å²) in [7, 11) is 0. The lowest BCUT2D eigenvalue weighted by atomic mass is 10.1. The van der Waals surface area contributed by atoms with E-state index in [0.29, 0.717) is 0 Å². The van der Waals surface area contributed by atoms with Gasteiger partial charge in [0.2, 0.25) is 0 Å². The molecule has 2 nitrogen and oxygen atoms in total. The second-order valence-corrected chi connectivity index (χ2v) is 3.77. The Morgan fingerprint density at radius 1 is 1.15 bits per heavy atom. The molecule has 1 saturated heterocycles. The molecule has 0 atom stereocenters. The highest BCUT2D eigenvalue weighted by molar-refractivity contribution is 5.85. The average molecular weight is 229 g/mol. The Balaban J connectivity index is 0. The highest BCUT2D eigenvalue weighted by atomic mass is 35.5. The number of hydrogen-bond donors (Lipinski definition) is 1. The number of halogens is 2. The van der Waals surface area contributed by atoms with Gasteiger partial charge in [0.15, 0.2) is 0 Å². The molecular weight excluding hydrogens is 207 g/mol. The molecular formula is C9H22Cl2N2. The first-order chi connectivity index (χ1) is 5.29. The molecule has 0 aromatic rings. The van der Waals surface area contributed by atoms with Crippen LogP contribution < -0.4 is 5.32 Å². The van der Waals surface area contributed by atoms with Crippen molar-refractivity contribution in [3.8, 4) is 0 Å². The van der Waals surface area contributed by atoms with E-state index in [1.807, 2.05) is 0 Å². The molecule has 0 spiro atoms. The standard InChI is InChI=1S/C9H20N2.2ClH/c1-9(2)3-6-11-7-4-10-5-8-11;;/h9-10H,3-8H2,1-2H3;2*1H. The van der Waals surface area contributed by atoms with Crippen molar-refractivity contribution in [2.75, 3.05) is 32.7 Å². The number of nitrogens with zero attached hydrogens (tertiary/aromatic N) is 1. The second kappa shape index (κ2) is 9.07. The van der Waals surface area contributed by atoms with Gasteiger partial charge in [-0.1, -0.05) is 13.8 Å². The van der Waals surface area contributed by atoms with Crippen LogP contribution in [0, 0.1) is 5.92 Å². The average Bonchev–Trinajstić information content (AvgIpc) is 2.03. The Kier molecular flexibility index (Phi) is 11.1. The number of piperazine rings is 1. The van der Waals surface area contributed by atoms with E-state index >= 15 is 0 Å². The molecule has 1 rings (SSSR count). The highest BCUT2D eigenvalue weighted by Gasteiger charge is 2.08. The van der Waals surface area contributed by atoms with Gasteiger partial charge >= 0.3 is 0 Å². The van der Waals surface area contributed by atoms with Gasteiger partial charge in [0.25, 0.3) is 0 Å². The van der Waals surface area contributed by atoms with E-state index in [4.69, 9.17) is 0 Å². The fourth-order valence-electron chi connectivity index (χ4n) is 1.38. The zero-order valence-electron chi connectivity index (χ0n) is 8.58. The zero-order chi connectivity index (χ0) is 8.10. The van der Waals surface area contributed by atoms with Gasteiger partial charge in [-0.3, -0.25) is 0 Å². The highest BCUT2D eigenvalue weighted by Crippen LogP contribution is 2.02. The molecule has 0 saturated carbocycles. The first-order valence-corrected chi connectivity index (χ1v) is 4.72. The van der Waals surface area contributed by atoms with Gasteiger partial charge in [0.05, 0.1) is 0 Å². The van der Waals surface area contributed by atoms with Gasteiger partial charge in [-0.2, -0.15) is 0 Å². The molecule has 1 heterocycles. The van der Waals surface area contributed by atoms with Crippen LogP contribution in [0.15, 0.2) is 0 Å². The molecule has 4 heteroatoms. The summed E-state index contributed by atoms with van der Waals surface area (Å²) in [6, 6.07) is 0. The molecule has 0 aromatic carbocycles. The first kappa shape index (κ1) is 15.9. The minimum absolute atomic E-state index is 0. The Bertz CT molecular complexity index is 104. The fraction of sp³-hybridized carbons (Fsp3) is 1.00. The van der Waals surface area contributed by atoms with Gasteiger partial charge < -0.3 is 10.2 Å². The van der Waals surface area contributed by atoms with E-state index in [0.717, 1.165) is 5.92 Å². The van der Waals surface area contributed by atoms with E-state index in [1.54, 1.807) is 0 Å². The Morgan fingerprint density at radius 2 is 1.69 bits per heavy atom. The largest absolute Gasteiger partial charge is 0.314 e. The summed E-state index contributed by atoms with van der Waals surface area (Å²) in [5, 5.41) is 3.36. The van der Waals surface area contributed by atoms with Gasteiger partial charge in [0.1, 0.15) is 0 Å². The third-order valence-corrected chi connectivity index (χ3v) is 2.23. The number of hydrogen-bond acceptors (Lipinski definition) is 2. The summed E-state index contributed by atoms with van der Waals surface area (Å²) in [6.45, 7) is 10.7. The summed E-state index contributed by atoms with van der Waals surface area (Å²) in [5.41, 5.74) is 0. The minimum Gasteiger partial charge on any atom is -0.314 e. The minimum atomic E-state index is 0. The van der Waals surface area contributed by atoms with Crippen molar-refractivity contribution in [2.24, 2.45) is 5.92 Å². The number of nitrogens with one attached hydrogen (secondary N) is 1. The lowest BCUT2D eigenvalue weighted by Crippen LogP contribution is -2.43. The predicted octanol–water partition coefficient (Wildman–Crippen LogP) is 1.78. The van der Waals surface area contributed by atoms with Crippen molar-refractivity contribution in [3.05, 3.63) is 0 Å². The van der Waals surface area contributed by atoms with Crippen molar-refractivity contribution in [1.29, 1.82) is 0 Å². The normalized spacial score (nSPS) is 17.8. The molecule has 0 unspecified atom stereocenters. The van der Waals surface area contributed by atoms with Crippen LogP contribution in [0.4, 0.5) is 0 Å². The molecule has 13 heavy (non-hydrogen) atoms. The molecule has 0 aromatic heterocycles. The molecule has 1 fully saturated rings. The first-order valence-electron chi connectivity index (χ1n) is 4.72. The van der Waals surface area contributed by atoms with Crippen LogP contribution >= 0.6 is 24.8 Å². The third kappa shape index (κ3) is 7.56. The van der Waals surface area contributed by atoms with Crippen LogP contribution in [0.25, 0.3) is 0 Å². The zero-order valence-corrected chi connectivity index (χ0v) is 10.2. The molecule has 1 aliphatic heterocycles. The van der Waals surface area contributed by atoms with Crippen LogP contribution in [-0.4, -0.2) is 37.6 Å². The maximum atomic E-state index is 3.36. The van der Waals surface area contributed by atoms with Crippen molar-refractivity contribution in [2.45, 2.75) is 20.3 Å². The maximum absolute atomic E-state index is 3.36. The van der Waals surface area contributed by atoms with Gasteiger partial charge in [0, 0.05) is 26.2 Å². The van der Waals surface area contributed by atoms with Gasteiger partial charge in [-0.15, -0.1) is 24.8 Å². The molecule has 82 valence electrons. The quantitative estimate of drug-likeness (QED) is 0.793. The van der Waals surface area contributed by atoms with Gasteiger partial charge in [-0.25, -0.2) is 0 Å². The maximum Gasteiger partial charge on any atom is 0.0107 e. The molecule has 1 aliphatic rings. The SMILES string of the molecule is CC(C)CCN1CCNCC1.Cl.Cl. The number of rotatable bonds is 3. The predicted molar refractivity (Wildman–Crippen MR) is 63.3 cm³/mol. The Labute approximate surface area is 94.3 Å². The lowest BCUT2D eigenvalue weighted by Gasteiger charge is -2.27. The lowest BCUT2D eigenvalue weighted by molar-refractivity contribution is 0.228. The fourth-order valence-corrected chi connectivity index (χ4v) is 1.38. The third-order valence-electron chi connectivity index (χ3n) is 2.23. The van der Waals surface area contributed by atoms with Crippen molar-refractivity contribution < 1.29 is 0 Å². The van der Waals surface area contributed by atoms with Gasteiger partial charge in [-0.05, 0) is 18.9 Å². The summed E-state index contributed by atoms with van der Waals surface area (Å²) < 4.78 is 0. The van der Waals surface area contributed by atoms with Crippen LogP contribution in [0.5, 0.6) is 0 Å². The van der Waals surface area contributed by atoms with Crippen LogP contribution in [0.2, 0.25) is 0 Å². The summed E-state index contributed by atoms with van der Waals surface area (Å²) in [4.78, 5) is 2.55. The monoisotopic (exact) mass is 228 g/mol. The Morgan fingerprint density at radius 3 is 2.15 bits per heavy atom. The Hall–Kier alpha value is 0.500. The molecule has 0 aliphatic carbocycles. The summed E-state index contributed by atoms with van der Waals surface area (Å²) in [5.74, 6) is 0.852. The van der Waals surface area contributed by atoms with Crippen molar-refractivity contribution in [1.82, 2.24) is 10.2 Å². The van der Waals surface area contributed by atoms with E-state index in [1.165, 1.54) is 39.1 Å². The van der Waals surface area contributed by atoms with E-state index in [-0.39, 0.29) is 24.8 Å². The van der Waals surface area contributed by atoms with Crippen molar-refractivity contribution in [3.63, 3.8) is 0 Å². The van der Waals surface area contributed by atoms with Crippen LogP contribution in [-0.2, 0) is 0 Å². The van der Waals surface area contributed by atoms with Crippen LogP contribution in [0.3, 0.4) is 0 Å². The summed E-state index contributed by atoms with van der Waals surface area (Å²) in [6.07, 6.45) is 1.35.